The molecular weight excluding hydrogens is 367 g/mol. The first kappa shape index (κ1) is 18.3. The van der Waals surface area contributed by atoms with Crippen LogP contribution >= 0.6 is 0 Å². The molecule has 3 heterocycles. The number of hydrogen-bond acceptors (Lipinski definition) is 4. The predicted molar refractivity (Wildman–Crippen MR) is 109 cm³/mol. The number of ether oxygens (including phenoxy) is 1. The van der Waals surface area contributed by atoms with E-state index in [0.717, 1.165) is 68.4 Å². The second-order valence-electron chi connectivity index (χ2n) is 7.87. The summed E-state index contributed by atoms with van der Waals surface area (Å²) in [5.41, 5.74) is 2.22. The van der Waals surface area contributed by atoms with E-state index in [1.807, 2.05) is 30.3 Å². The van der Waals surface area contributed by atoms with Gasteiger partial charge >= 0.3 is 0 Å². The number of para-hydroxylation sites is 1. The fourth-order valence-corrected chi connectivity index (χ4v) is 4.41. The third-order valence-electron chi connectivity index (χ3n) is 6.06. The van der Waals surface area contributed by atoms with E-state index in [4.69, 9.17) is 4.74 Å². The van der Waals surface area contributed by atoms with Crippen LogP contribution in [-0.2, 0) is 13.0 Å². The van der Waals surface area contributed by atoms with Gasteiger partial charge in [0.2, 0.25) is 0 Å². The van der Waals surface area contributed by atoms with Gasteiger partial charge < -0.3 is 14.2 Å². The second-order valence-corrected chi connectivity index (χ2v) is 7.87. The van der Waals surface area contributed by atoms with Gasteiger partial charge in [-0.1, -0.05) is 24.3 Å². The average Bonchev–Trinajstić information content (AvgIpc) is 3.09. The Hall–Kier alpha value is -2.73. The summed E-state index contributed by atoms with van der Waals surface area (Å²) in [6.07, 6.45) is 3.13. The average molecular weight is 392 g/mol. The molecule has 2 aliphatic heterocycles. The Labute approximate surface area is 170 Å². The number of benzene rings is 2. The molecule has 0 bridgehead atoms. The maximum Gasteiger partial charge on any atom is 0.167 e. The van der Waals surface area contributed by atoms with Crippen molar-refractivity contribution in [1.82, 2.24) is 19.7 Å². The second kappa shape index (κ2) is 7.95. The van der Waals surface area contributed by atoms with E-state index in [-0.39, 0.29) is 5.82 Å². The predicted octanol–water partition coefficient (Wildman–Crippen LogP) is 3.90. The number of rotatable bonds is 4. The van der Waals surface area contributed by atoms with Crippen molar-refractivity contribution in [3.05, 3.63) is 65.7 Å². The van der Waals surface area contributed by atoms with E-state index >= 15 is 0 Å². The molecule has 0 saturated carbocycles. The van der Waals surface area contributed by atoms with Gasteiger partial charge in [0.25, 0.3) is 0 Å². The maximum atomic E-state index is 13.1. The molecule has 1 fully saturated rings. The summed E-state index contributed by atoms with van der Waals surface area (Å²) in [6, 6.07) is 14.9. The van der Waals surface area contributed by atoms with Crippen LogP contribution < -0.4 is 4.74 Å². The third-order valence-corrected chi connectivity index (χ3v) is 6.06. The van der Waals surface area contributed by atoms with Crippen LogP contribution in [0.25, 0.3) is 11.4 Å². The largest absolute Gasteiger partial charge is 0.491 e. The van der Waals surface area contributed by atoms with Gasteiger partial charge in [-0.25, -0.2) is 4.39 Å². The molecule has 1 saturated heterocycles. The minimum atomic E-state index is -0.171. The first-order valence-electron chi connectivity index (χ1n) is 10.4. The van der Waals surface area contributed by atoms with Crippen LogP contribution in [0.3, 0.4) is 0 Å². The van der Waals surface area contributed by atoms with Gasteiger partial charge in [-0.3, -0.25) is 0 Å². The molecule has 3 aromatic rings. The van der Waals surface area contributed by atoms with Crippen molar-refractivity contribution in [2.45, 2.75) is 31.7 Å². The summed E-state index contributed by atoms with van der Waals surface area (Å²) in [4.78, 5) is 2.50. The Morgan fingerprint density at radius 3 is 2.59 bits per heavy atom. The van der Waals surface area contributed by atoms with Gasteiger partial charge in [-0.15, -0.1) is 10.2 Å². The van der Waals surface area contributed by atoms with E-state index in [9.17, 15) is 4.39 Å². The van der Waals surface area contributed by atoms with Gasteiger partial charge in [0.15, 0.2) is 5.82 Å². The Kier molecular flexibility index (Phi) is 5.02. The van der Waals surface area contributed by atoms with E-state index in [2.05, 4.69) is 25.7 Å². The third kappa shape index (κ3) is 3.77. The molecule has 0 N–H and O–H groups in total. The highest BCUT2D eigenvalue weighted by atomic mass is 19.1. The van der Waals surface area contributed by atoms with Crippen molar-refractivity contribution in [2.75, 3.05) is 26.2 Å². The minimum absolute atomic E-state index is 0.171. The number of aromatic nitrogens is 3. The standard InChI is InChI=1S/C23H25FN4O/c24-19-7-5-17(6-8-19)9-12-27-13-10-18(11-14-27)22-25-26-23-20-3-1-2-4-21(20)29-16-15-28(22)23/h1-8,18H,9-16H2. The maximum absolute atomic E-state index is 13.1. The summed E-state index contributed by atoms with van der Waals surface area (Å²) in [7, 11) is 0. The van der Waals surface area contributed by atoms with Crippen LogP contribution in [0.1, 0.15) is 30.1 Å². The van der Waals surface area contributed by atoms with E-state index in [0.29, 0.717) is 12.5 Å². The van der Waals surface area contributed by atoms with Crippen LogP contribution in [0, 0.1) is 5.82 Å². The number of likely N-dealkylation sites (tertiary alicyclic amines) is 1. The van der Waals surface area contributed by atoms with Crippen LogP contribution in [0.5, 0.6) is 5.75 Å². The first-order valence-corrected chi connectivity index (χ1v) is 10.4. The molecule has 0 amide bonds. The zero-order chi connectivity index (χ0) is 19.6. The number of fused-ring (bicyclic) bond motifs is 3. The lowest BCUT2D eigenvalue weighted by molar-refractivity contribution is 0.208. The van der Waals surface area contributed by atoms with Crippen LogP contribution in [0.2, 0.25) is 0 Å². The summed E-state index contributed by atoms with van der Waals surface area (Å²) >= 11 is 0. The van der Waals surface area contributed by atoms with Crippen LogP contribution in [0.4, 0.5) is 4.39 Å². The number of hydrogen-bond donors (Lipinski definition) is 0. The van der Waals surface area contributed by atoms with Gasteiger partial charge in [-0.05, 0) is 62.2 Å². The molecule has 0 unspecified atom stereocenters. The van der Waals surface area contributed by atoms with Gasteiger partial charge in [0.1, 0.15) is 24.0 Å². The lowest BCUT2D eigenvalue weighted by Gasteiger charge is -2.31. The Bertz CT molecular complexity index is 977. The zero-order valence-electron chi connectivity index (χ0n) is 16.4. The lowest BCUT2D eigenvalue weighted by Crippen LogP contribution is -2.35. The molecule has 0 spiro atoms. The summed E-state index contributed by atoms with van der Waals surface area (Å²) in [6.45, 7) is 4.56. The lowest BCUT2D eigenvalue weighted by atomic mass is 9.95. The van der Waals surface area contributed by atoms with Crippen LogP contribution in [0.15, 0.2) is 48.5 Å². The Balaban J connectivity index is 1.24. The van der Waals surface area contributed by atoms with Crippen molar-refractivity contribution in [3.8, 4) is 17.1 Å². The quantitative estimate of drug-likeness (QED) is 0.675. The fraction of sp³-hybridized carbons (Fsp3) is 0.391. The molecule has 0 atom stereocenters. The molecule has 29 heavy (non-hydrogen) atoms. The van der Waals surface area contributed by atoms with Crippen LogP contribution in [-0.4, -0.2) is 45.9 Å². The summed E-state index contributed by atoms with van der Waals surface area (Å²) in [5.74, 6) is 3.17. The Morgan fingerprint density at radius 1 is 0.966 bits per heavy atom. The van der Waals surface area contributed by atoms with E-state index < -0.39 is 0 Å². The molecular formula is C23H25FN4O. The molecule has 5 rings (SSSR count). The molecule has 2 aliphatic rings. The summed E-state index contributed by atoms with van der Waals surface area (Å²) in [5, 5.41) is 9.12. The van der Waals surface area contributed by atoms with E-state index in [1.165, 1.54) is 5.56 Å². The van der Waals surface area contributed by atoms with Crippen molar-refractivity contribution in [1.29, 1.82) is 0 Å². The number of nitrogens with zero attached hydrogens (tertiary/aromatic N) is 4. The fourth-order valence-electron chi connectivity index (χ4n) is 4.41. The highest BCUT2D eigenvalue weighted by Gasteiger charge is 2.28. The molecule has 5 nitrogen and oxygen atoms in total. The smallest absolute Gasteiger partial charge is 0.167 e. The Morgan fingerprint density at radius 2 is 1.76 bits per heavy atom. The molecule has 2 aromatic carbocycles. The summed E-state index contributed by atoms with van der Waals surface area (Å²) < 4.78 is 21.2. The van der Waals surface area contributed by atoms with Crippen molar-refractivity contribution in [3.63, 3.8) is 0 Å². The monoisotopic (exact) mass is 392 g/mol. The zero-order valence-corrected chi connectivity index (χ0v) is 16.4. The van der Waals surface area contributed by atoms with Gasteiger partial charge in [0.05, 0.1) is 12.1 Å². The van der Waals surface area contributed by atoms with Crippen molar-refractivity contribution >= 4 is 0 Å². The molecule has 0 aliphatic carbocycles. The first-order chi connectivity index (χ1) is 14.3. The minimum Gasteiger partial charge on any atom is -0.491 e. The van der Waals surface area contributed by atoms with Crippen molar-refractivity contribution in [2.24, 2.45) is 0 Å². The van der Waals surface area contributed by atoms with Gasteiger partial charge in [0, 0.05) is 12.5 Å². The highest BCUT2D eigenvalue weighted by Crippen LogP contribution is 2.34. The number of halogens is 1. The van der Waals surface area contributed by atoms with E-state index in [1.54, 1.807) is 12.1 Å². The highest BCUT2D eigenvalue weighted by molar-refractivity contribution is 5.64. The normalized spacial score (nSPS) is 17.3. The van der Waals surface area contributed by atoms with Crippen molar-refractivity contribution < 1.29 is 9.13 Å². The van der Waals surface area contributed by atoms with Gasteiger partial charge in [-0.2, -0.15) is 0 Å². The molecule has 6 heteroatoms. The molecule has 150 valence electrons. The molecule has 0 radical (unpaired) electrons. The topological polar surface area (TPSA) is 43.2 Å². The molecule has 1 aromatic heterocycles. The number of piperidine rings is 1. The SMILES string of the molecule is Fc1ccc(CCN2CCC(c3nnc4n3CCOc3ccccc3-4)CC2)cc1.